The number of rotatable bonds is 12. The van der Waals surface area contributed by atoms with Crippen molar-refractivity contribution < 1.29 is 34.5 Å². The lowest BCUT2D eigenvalue weighted by Crippen LogP contribution is -2.58. The third-order valence-electron chi connectivity index (χ3n) is 4.46. The summed E-state index contributed by atoms with van der Waals surface area (Å²) in [5.41, 5.74) is 5.35. The fraction of sp³-hybridized carbons (Fsp3) is 0.750. The van der Waals surface area contributed by atoms with E-state index in [0.29, 0.717) is 12.8 Å². The Bertz CT molecular complexity index is 527. The normalized spacial score (nSPS) is 19.8. The molecule has 0 aromatic carbocycles. The van der Waals surface area contributed by atoms with Crippen LogP contribution in [0.3, 0.4) is 0 Å². The molecule has 0 heterocycles. The van der Waals surface area contributed by atoms with Crippen molar-refractivity contribution in [1.29, 1.82) is 0 Å². The van der Waals surface area contributed by atoms with Crippen LogP contribution in [0, 0.1) is 0 Å². The Kier molecular flexibility index (Phi) is 9.68. The summed E-state index contributed by atoms with van der Waals surface area (Å²) in [5, 5.41) is 30.1. The number of aliphatic carboxylic acids is 3. The highest BCUT2D eigenvalue weighted by atomic mass is 16.4. The Hall–Kier alpha value is -2.24. The predicted octanol–water partition coefficient (Wildman–Crippen LogP) is -1.77. The number of hydrogen-bond acceptors (Lipinski definition) is 7. The van der Waals surface area contributed by atoms with Gasteiger partial charge < -0.3 is 26.4 Å². The van der Waals surface area contributed by atoms with Crippen molar-refractivity contribution in [1.82, 2.24) is 15.1 Å². The number of amides is 1. The second kappa shape index (κ2) is 11.5. The minimum Gasteiger partial charge on any atom is -0.480 e. The van der Waals surface area contributed by atoms with E-state index in [0.717, 1.165) is 12.8 Å². The van der Waals surface area contributed by atoms with Gasteiger partial charge in [0.15, 0.2) is 0 Å². The van der Waals surface area contributed by atoms with Crippen molar-refractivity contribution in [2.45, 2.75) is 37.8 Å². The van der Waals surface area contributed by atoms with Gasteiger partial charge in [0.1, 0.15) is 0 Å². The quantitative estimate of drug-likeness (QED) is 0.257. The molecule has 0 aromatic rings. The molecule has 1 aliphatic carbocycles. The monoisotopic (exact) mass is 388 g/mol. The highest BCUT2D eigenvalue weighted by Gasteiger charge is 2.37. The van der Waals surface area contributed by atoms with Crippen molar-refractivity contribution in [2.75, 3.05) is 39.3 Å². The molecule has 11 nitrogen and oxygen atoms in total. The van der Waals surface area contributed by atoms with Crippen LogP contribution >= 0.6 is 0 Å². The Morgan fingerprint density at radius 1 is 0.815 bits per heavy atom. The van der Waals surface area contributed by atoms with Crippen molar-refractivity contribution in [3.05, 3.63) is 0 Å². The third kappa shape index (κ3) is 8.33. The summed E-state index contributed by atoms with van der Waals surface area (Å²) in [6, 6.07) is -0.898. The summed E-state index contributed by atoms with van der Waals surface area (Å²) in [6.07, 6.45) is 2.65. The van der Waals surface area contributed by atoms with Crippen LogP contribution in [0.25, 0.3) is 0 Å². The van der Waals surface area contributed by atoms with E-state index in [1.165, 1.54) is 9.80 Å². The highest BCUT2D eigenvalue weighted by Crippen LogP contribution is 2.27. The summed E-state index contributed by atoms with van der Waals surface area (Å²) in [5.74, 6) is -3.82. The molecule has 1 saturated carbocycles. The molecule has 0 aliphatic heterocycles. The molecular formula is C16H28N4O7. The van der Waals surface area contributed by atoms with E-state index in [1.54, 1.807) is 0 Å². The Labute approximate surface area is 157 Å². The SMILES string of the molecule is NCCNC(=O)CN(CC(=O)O)C1CCCCC1N(CC(=O)O)CC(=O)O. The van der Waals surface area contributed by atoms with E-state index in [-0.39, 0.29) is 25.5 Å². The fourth-order valence-electron chi connectivity index (χ4n) is 3.50. The van der Waals surface area contributed by atoms with Gasteiger partial charge in [-0.3, -0.25) is 29.0 Å². The van der Waals surface area contributed by atoms with Gasteiger partial charge in [-0.1, -0.05) is 12.8 Å². The number of carbonyl (C=O) groups excluding carboxylic acids is 1. The molecule has 2 unspecified atom stereocenters. The van der Waals surface area contributed by atoms with Crippen molar-refractivity contribution in [2.24, 2.45) is 5.73 Å². The van der Waals surface area contributed by atoms with Gasteiger partial charge in [0, 0.05) is 25.2 Å². The summed E-state index contributed by atoms with van der Waals surface area (Å²) in [6.45, 7) is -0.992. The lowest BCUT2D eigenvalue weighted by Gasteiger charge is -2.43. The van der Waals surface area contributed by atoms with E-state index < -0.39 is 49.6 Å². The minimum atomic E-state index is -1.16. The number of hydrogen-bond donors (Lipinski definition) is 5. The predicted molar refractivity (Wildman–Crippen MR) is 94.2 cm³/mol. The molecule has 0 spiro atoms. The van der Waals surface area contributed by atoms with Crippen molar-refractivity contribution in [3.8, 4) is 0 Å². The molecule has 1 aliphatic rings. The molecular weight excluding hydrogens is 360 g/mol. The average molecular weight is 388 g/mol. The van der Waals surface area contributed by atoms with Gasteiger partial charge >= 0.3 is 17.9 Å². The van der Waals surface area contributed by atoms with Gasteiger partial charge in [-0.2, -0.15) is 0 Å². The lowest BCUT2D eigenvalue weighted by atomic mass is 9.87. The highest BCUT2D eigenvalue weighted by molar-refractivity contribution is 5.79. The Balaban J connectivity index is 3.01. The van der Waals surface area contributed by atoms with Crippen LogP contribution in [0.5, 0.6) is 0 Å². The molecule has 27 heavy (non-hydrogen) atoms. The molecule has 154 valence electrons. The van der Waals surface area contributed by atoms with Gasteiger partial charge in [0.05, 0.1) is 26.2 Å². The van der Waals surface area contributed by atoms with Crippen molar-refractivity contribution in [3.63, 3.8) is 0 Å². The van der Waals surface area contributed by atoms with Crippen LogP contribution in [-0.4, -0.2) is 100 Å². The van der Waals surface area contributed by atoms with Crippen LogP contribution < -0.4 is 11.1 Å². The largest absolute Gasteiger partial charge is 0.480 e. The lowest BCUT2D eigenvalue weighted by molar-refractivity contribution is -0.147. The molecule has 1 fully saturated rings. The first kappa shape index (κ1) is 22.8. The first-order valence-corrected chi connectivity index (χ1v) is 8.84. The summed E-state index contributed by atoms with van der Waals surface area (Å²) >= 11 is 0. The van der Waals surface area contributed by atoms with E-state index in [4.69, 9.17) is 15.9 Å². The smallest absolute Gasteiger partial charge is 0.317 e. The summed E-state index contributed by atoms with van der Waals surface area (Å²) in [7, 11) is 0. The van der Waals surface area contributed by atoms with Gasteiger partial charge in [-0.25, -0.2) is 0 Å². The van der Waals surface area contributed by atoms with Crippen LogP contribution in [0.15, 0.2) is 0 Å². The van der Waals surface area contributed by atoms with Crippen molar-refractivity contribution >= 4 is 23.8 Å². The maximum absolute atomic E-state index is 12.1. The van der Waals surface area contributed by atoms with Gasteiger partial charge in [0.25, 0.3) is 0 Å². The number of carboxylic acid groups (broad SMARTS) is 3. The minimum absolute atomic E-state index is 0.179. The zero-order valence-corrected chi connectivity index (χ0v) is 15.2. The van der Waals surface area contributed by atoms with Crippen LogP contribution in [0.1, 0.15) is 25.7 Å². The molecule has 11 heteroatoms. The topological polar surface area (TPSA) is 173 Å². The Morgan fingerprint density at radius 3 is 1.59 bits per heavy atom. The molecule has 1 rings (SSSR count). The van der Waals surface area contributed by atoms with Crippen LogP contribution in [-0.2, 0) is 19.2 Å². The van der Waals surface area contributed by atoms with Gasteiger partial charge in [-0.05, 0) is 12.8 Å². The molecule has 2 atom stereocenters. The molecule has 0 radical (unpaired) electrons. The van der Waals surface area contributed by atoms with Crippen LogP contribution in [0.2, 0.25) is 0 Å². The number of nitrogens with one attached hydrogen (secondary N) is 1. The maximum atomic E-state index is 12.1. The number of carboxylic acids is 3. The molecule has 0 bridgehead atoms. The fourth-order valence-corrected chi connectivity index (χ4v) is 3.50. The van der Waals surface area contributed by atoms with E-state index in [9.17, 15) is 24.3 Å². The van der Waals surface area contributed by atoms with Gasteiger partial charge in [-0.15, -0.1) is 0 Å². The number of nitrogens with two attached hydrogens (primary N) is 1. The van der Waals surface area contributed by atoms with E-state index in [1.807, 2.05) is 0 Å². The molecule has 0 saturated heterocycles. The van der Waals surface area contributed by atoms with Crippen LogP contribution in [0.4, 0.5) is 0 Å². The molecule has 0 aromatic heterocycles. The zero-order valence-electron chi connectivity index (χ0n) is 15.2. The average Bonchev–Trinajstić information content (AvgIpc) is 2.57. The summed E-state index contributed by atoms with van der Waals surface area (Å²) in [4.78, 5) is 48.5. The standard InChI is InChI=1S/C16H28N4O7/c17-5-6-18-13(21)7-19(8-14(22)23)11-3-1-2-4-12(11)20(9-15(24)25)10-16(26)27/h11-12H,1-10,17H2,(H,18,21)(H,22,23)(H,24,25)(H,26,27). The van der Waals surface area contributed by atoms with E-state index in [2.05, 4.69) is 5.32 Å². The summed E-state index contributed by atoms with van der Waals surface area (Å²) < 4.78 is 0. The first-order chi connectivity index (χ1) is 12.7. The van der Waals surface area contributed by atoms with E-state index >= 15 is 0 Å². The Morgan fingerprint density at radius 2 is 1.22 bits per heavy atom. The third-order valence-corrected chi connectivity index (χ3v) is 4.46. The molecule has 1 amide bonds. The second-order valence-electron chi connectivity index (χ2n) is 6.55. The zero-order chi connectivity index (χ0) is 20.4. The molecule has 6 N–H and O–H groups in total. The maximum Gasteiger partial charge on any atom is 0.317 e. The number of nitrogens with zero attached hydrogens (tertiary/aromatic N) is 2. The first-order valence-electron chi connectivity index (χ1n) is 8.84. The number of carbonyl (C=O) groups is 4. The second-order valence-corrected chi connectivity index (χ2v) is 6.55. The van der Waals surface area contributed by atoms with Gasteiger partial charge in [0.2, 0.25) is 5.91 Å².